The number of hydrogen-bond acceptors (Lipinski definition) is 38. The van der Waals surface area contributed by atoms with Gasteiger partial charge in [0, 0.05) is 0 Å². The Kier molecular flexibility index (Phi) is 25.8. The molecule has 13 aliphatic rings. The fourth-order valence-corrected chi connectivity index (χ4v) is 21.1. The molecule has 642 valence electrons. The van der Waals surface area contributed by atoms with Crippen LogP contribution in [0.1, 0.15) is 120 Å². The van der Waals surface area contributed by atoms with Crippen molar-refractivity contribution in [3.63, 3.8) is 0 Å². The number of fused-ring (bicyclic) bond motifs is 7. The number of aldehydes is 1. The van der Waals surface area contributed by atoms with Crippen molar-refractivity contribution >= 4 is 12.3 Å². The summed E-state index contributed by atoms with van der Waals surface area (Å²) < 4.78 is 96.3. The van der Waals surface area contributed by atoms with Crippen LogP contribution in [0.2, 0.25) is 0 Å². The van der Waals surface area contributed by atoms with E-state index in [0.717, 1.165) is 11.9 Å². The van der Waals surface area contributed by atoms with E-state index in [0.29, 0.717) is 38.5 Å². The van der Waals surface area contributed by atoms with Crippen LogP contribution in [0.3, 0.4) is 0 Å². The molecule has 38 heteroatoms. The molecule has 12 fully saturated rings. The summed E-state index contributed by atoms with van der Waals surface area (Å²) in [6.07, 6.45) is -57.3. The summed E-state index contributed by atoms with van der Waals surface area (Å²) in [7, 11) is 0. The minimum absolute atomic E-state index is 0.0718. The lowest BCUT2D eigenvalue weighted by molar-refractivity contribution is -0.392. The predicted molar refractivity (Wildman–Crippen MR) is 367 cm³/mol. The molecule has 46 atom stereocenters. The lowest BCUT2D eigenvalue weighted by atomic mass is 9.33. The lowest BCUT2D eigenvalue weighted by Gasteiger charge is -2.71. The highest BCUT2D eigenvalue weighted by Gasteiger charge is 2.73. The van der Waals surface area contributed by atoms with Gasteiger partial charge in [0.2, 0.25) is 6.29 Å². The molecule has 38 nitrogen and oxygen atoms in total. The summed E-state index contributed by atoms with van der Waals surface area (Å²) in [6.45, 7) is 13.9. The Hall–Kier alpha value is -2.52. The Balaban J connectivity index is 0.708. The minimum atomic E-state index is -2.07. The Morgan fingerprint density at radius 1 is 0.438 bits per heavy atom. The molecule has 0 amide bonds. The van der Waals surface area contributed by atoms with E-state index in [4.69, 9.17) is 75.8 Å². The smallest absolute Gasteiger partial charge is 0.317 e. The number of carbonyl (C=O) groups excluding carboxylic acids is 2. The van der Waals surface area contributed by atoms with Crippen molar-refractivity contribution in [2.75, 3.05) is 33.0 Å². The van der Waals surface area contributed by atoms with Gasteiger partial charge in [-0.1, -0.05) is 53.2 Å². The maximum absolute atomic E-state index is 15.8. The van der Waals surface area contributed by atoms with E-state index >= 15 is 4.79 Å². The minimum Gasteiger partial charge on any atom is -0.432 e. The van der Waals surface area contributed by atoms with E-state index in [1.165, 1.54) is 20.8 Å². The van der Waals surface area contributed by atoms with Gasteiger partial charge in [-0.05, 0) is 118 Å². The molecule has 0 spiro atoms. The summed E-state index contributed by atoms with van der Waals surface area (Å²) >= 11 is 0. The topological polar surface area (TPSA) is 586 Å². The molecule has 0 bridgehead atoms. The molecule has 5 aliphatic carbocycles. The van der Waals surface area contributed by atoms with Gasteiger partial charge in [0.05, 0.1) is 69.0 Å². The van der Waals surface area contributed by atoms with E-state index in [2.05, 4.69) is 40.7 Å². The van der Waals surface area contributed by atoms with Crippen molar-refractivity contribution in [1.29, 1.82) is 0 Å². The molecule has 0 unspecified atom stereocenters. The highest BCUT2D eigenvalue weighted by molar-refractivity contribution is 5.80. The number of hydrogen-bond donors (Lipinski definition) is 20. The summed E-state index contributed by atoms with van der Waals surface area (Å²) in [5.74, 6) is -2.10. The third kappa shape index (κ3) is 15.2. The Morgan fingerprint density at radius 3 is 1.57 bits per heavy atom. The second-order valence-electron chi connectivity index (χ2n) is 35.4. The van der Waals surface area contributed by atoms with Gasteiger partial charge in [-0.2, -0.15) is 0 Å². The van der Waals surface area contributed by atoms with Gasteiger partial charge in [-0.3, -0.25) is 4.79 Å². The van der Waals surface area contributed by atoms with Gasteiger partial charge in [-0.25, -0.2) is 0 Å². The van der Waals surface area contributed by atoms with Crippen LogP contribution >= 0.6 is 0 Å². The van der Waals surface area contributed by atoms with E-state index in [1.807, 2.05) is 6.92 Å². The number of aliphatic hydroxyl groups excluding tert-OH is 20. The molecule has 8 heterocycles. The van der Waals surface area contributed by atoms with Gasteiger partial charge >= 0.3 is 5.97 Å². The van der Waals surface area contributed by atoms with Crippen LogP contribution in [0, 0.1) is 50.2 Å². The average Bonchev–Trinajstić information content (AvgIpc) is 0.669. The third-order valence-electron chi connectivity index (χ3n) is 28.2. The number of ether oxygens (including phenoxy) is 16. The number of rotatable bonds is 18. The quantitative estimate of drug-likeness (QED) is 0.0262. The van der Waals surface area contributed by atoms with E-state index in [-0.39, 0.29) is 30.6 Å². The highest BCUT2D eigenvalue weighted by atomic mass is 16.8. The molecule has 20 N–H and O–H groups in total. The van der Waals surface area contributed by atoms with E-state index in [9.17, 15) is 107 Å². The van der Waals surface area contributed by atoms with Crippen molar-refractivity contribution in [2.45, 2.75) is 354 Å². The first-order chi connectivity index (χ1) is 52.6. The largest absolute Gasteiger partial charge is 0.432 e. The molecular formula is C74H118O38. The van der Waals surface area contributed by atoms with E-state index < -0.39 is 311 Å². The van der Waals surface area contributed by atoms with Crippen molar-refractivity contribution in [3.8, 4) is 0 Å². The first-order valence-corrected chi connectivity index (χ1v) is 39.2. The van der Waals surface area contributed by atoms with Crippen LogP contribution in [0.5, 0.6) is 0 Å². The van der Waals surface area contributed by atoms with Gasteiger partial charge in [0.25, 0.3) is 0 Å². The van der Waals surface area contributed by atoms with Gasteiger partial charge in [0.1, 0.15) is 158 Å². The van der Waals surface area contributed by atoms with Crippen LogP contribution in [-0.2, 0) is 85.4 Å². The van der Waals surface area contributed by atoms with Crippen molar-refractivity contribution < 1.29 is 188 Å². The predicted octanol–water partition coefficient (Wildman–Crippen LogP) is -6.95. The van der Waals surface area contributed by atoms with E-state index in [1.54, 1.807) is 0 Å². The molecule has 0 radical (unpaired) electrons. The zero-order valence-corrected chi connectivity index (χ0v) is 64.0. The first-order valence-electron chi connectivity index (χ1n) is 39.2. The SMILES string of the molecule is C[C@@H]1O[C@@H](O[C@H]2[C@H](OC(=O)[C@]34CCC(C)(C)C[C@H]3C3=CC[C@@H]5[C@@]6(C)CC[C@H](O[C@@H]7O[C@H](C)[C@@H](O)[C@H](O[C@@H]8OC[C@@H](O)[C@H](O)[C@H]8O)[C@H]7O[C@@H]7O[C@H](CO)[C@H](O)[C@H](O)[C@H]7O)[C@@](C)(C=O)[C@@H]6CC[C@@]5(C)[C@]3(C)C[C@H]4O)O[C@H](C)[C@H](O)[C@@H]2O)[C@H](O)[C@H](O)[C@H]1O[C@@H]1OC[C@@H](O)[C@H](O[C@@H]2OC[C@H](O)[C@H](O)[C@H]2O[C@@H]2OC[C@H](O)[C@H](O)[C@H]2O)[C@H]1O. The van der Waals surface area contributed by atoms with Crippen LogP contribution in [-0.4, -0.2) is 381 Å². The molecule has 0 aromatic heterocycles. The second kappa shape index (κ2) is 33.1. The van der Waals surface area contributed by atoms with Gasteiger partial charge < -0.3 is 183 Å². The Labute approximate surface area is 646 Å². The fraction of sp³-hybridized carbons (Fsp3) is 0.946. The summed E-state index contributed by atoms with van der Waals surface area (Å²) in [4.78, 5) is 30.1. The zero-order valence-electron chi connectivity index (χ0n) is 64.0. The fourth-order valence-electron chi connectivity index (χ4n) is 21.1. The number of carbonyl (C=O) groups is 2. The number of aliphatic hydroxyl groups is 20. The molecule has 4 saturated carbocycles. The summed E-state index contributed by atoms with van der Waals surface area (Å²) in [5, 5.41) is 222. The Morgan fingerprint density at radius 2 is 0.938 bits per heavy atom. The molecule has 0 aromatic rings. The van der Waals surface area contributed by atoms with Gasteiger partial charge in [0.15, 0.2) is 50.1 Å². The molecule has 0 aromatic carbocycles. The number of allylic oxidation sites excluding steroid dienone is 2. The molecule has 13 rings (SSSR count). The summed E-state index contributed by atoms with van der Waals surface area (Å²) in [5.41, 5.74) is -4.43. The van der Waals surface area contributed by atoms with Crippen LogP contribution in [0.4, 0.5) is 0 Å². The van der Waals surface area contributed by atoms with Gasteiger partial charge in [-0.15, -0.1) is 0 Å². The maximum Gasteiger partial charge on any atom is 0.317 e. The van der Waals surface area contributed by atoms with Crippen molar-refractivity contribution in [1.82, 2.24) is 0 Å². The Bertz CT molecular complexity index is 3250. The summed E-state index contributed by atoms with van der Waals surface area (Å²) in [6, 6.07) is 0. The normalized spacial score (nSPS) is 55.9. The maximum atomic E-state index is 15.8. The first kappa shape index (κ1) is 87.3. The second-order valence-corrected chi connectivity index (χ2v) is 35.4. The standard InChI is InChI=1S/C74H118O38/c1-26-40(82)47(89)58(110-63-52(94)48(90)54(28(3)103-63)106-62-53(95)55(34(80)24-99-62)107-65-57(44(86)33(79)23-100-65)109-61-50(92)43(85)32(78)22-98-61)66(101-26)112-68(96)74-17-16-69(4,5)18-30(74)29-10-11-37-70(6)14-13-39(71(7,25-76)36(70)12-15-72(37,8)73(29,9)19-38(74)81)105-67-59(111-64-51(93)46(88)45(87)35(20-75)104-64)56(41(83)27(2)102-67)108-60-49(91)42(84)31(77)21-97-60/h10,25-28,30-67,75,77-95H,11-24H2,1-9H3/t26-,27-,28+,30+,31-,32+,33+,34-,35-,36-,37-,38-,39+,40+,41-,42+,43+,44+,45+,46+,47+,48+,49-,50-,51-,52-,53-,54+,55+,56+,57-,58-,59-,60+,61+,62+,63+,64+,65+,66+,67+,70+,71+,72-,73-,74-/m1/s1. The molecule has 8 saturated heterocycles. The highest BCUT2D eigenvalue weighted by Crippen LogP contribution is 2.76. The molecule has 112 heavy (non-hydrogen) atoms. The van der Waals surface area contributed by atoms with Crippen LogP contribution in [0.25, 0.3) is 0 Å². The number of esters is 1. The van der Waals surface area contributed by atoms with Crippen molar-refractivity contribution in [2.24, 2.45) is 50.2 Å². The van der Waals surface area contributed by atoms with Crippen molar-refractivity contribution in [3.05, 3.63) is 11.6 Å². The third-order valence-corrected chi connectivity index (χ3v) is 28.2. The monoisotopic (exact) mass is 1610 g/mol. The molecule has 8 aliphatic heterocycles. The molecular weight excluding hydrogens is 1500 g/mol. The lowest BCUT2D eigenvalue weighted by Crippen LogP contribution is -2.69. The average molecular weight is 1620 g/mol. The van der Waals surface area contributed by atoms with Crippen LogP contribution in [0.15, 0.2) is 11.6 Å². The zero-order chi connectivity index (χ0) is 81.5. The van der Waals surface area contributed by atoms with Crippen LogP contribution < -0.4 is 0 Å².